The minimum atomic E-state index is -0.167. The Bertz CT molecular complexity index is 468. The van der Waals surface area contributed by atoms with Crippen LogP contribution in [0.1, 0.15) is 5.56 Å². The van der Waals surface area contributed by atoms with Crippen molar-refractivity contribution >= 4 is 5.91 Å². The van der Waals surface area contributed by atoms with E-state index in [-0.39, 0.29) is 12.5 Å². The lowest BCUT2D eigenvalue weighted by atomic mass is 10.2. The third kappa shape index (κ3) is 7.30. The molecule has 6 heteroatoms. The summed E-state index contributed by atoms with van der Waals surface area (Å²) < 4.78 is 10.3. The van der Waals surface area contributed by atoms with Crippen LogP contribution in [0.2, 0.25) is 0 Å². The molecule has 21 heavy (non-hydrogen) atoms. The molecule has 114 valence electrons. The van der Waals surface area contributed by atoms with Crippen LogP contribution in [0.25, 0.3) is 0 Å². The van der Waals surface area contributed by atoms with Gasteiger partial charge in [0, 0.05) is 26.7 Å². The average Bonchev–Trinajstić information content (AvgIpc) is 2.51. The predicted molar refractivity (Wildman–Crippen MR) is 79.0 cm³/mol. The van der Waals surface area contributed by atoms with Crippen LogP contribution in [0.15, 0.2) is 24.3 Å². The van der Waals surface area contributed by atoms with Gasteiger partial charge in [-0.15, -0.1) is 0 Å². The second-order valence-corrected chi connectivity index (χ2v) is 4.57. The molecule has 0 unspecified atom stereocenters. The molecule has 1 aromatic rings. The minimum absolute atomic E-state index is 0.0340. The SMILES string of the molecule is COCCN(C)CCNC(=O)COc1ccc(C#N)cc1. The molecular formula is C15H21N3O3. The number of rotatable bonds is 9. The van der Waals surface area contributed by atoms with Crippen LogP contribution in [-0.2, 0) is 9.53 Å². The van der Waals surface area contributed by atoms with Gasteiger partial charge < -0.3 is 19.7 Å². The van der Waals surface area contributed by atoms with E-state index < -0.39 is 0 Å². The predicted octanol–water partition coefficient (Wildman–Crippen LogP) is 0.631. The van der Waals surface area contributed by atoms with Crippen molar-refractivity contribution in [3.05, 3.63) is 29.8 Å². The van der Waals surface area contributed by atoms with E-state index in [9.17, 15) is 4.79 Å². The van der Waals surface area contributed by atoms with Gasteiger partial charge in [-0.1, -0.05) is 0 Å². The summed E-state index contributed by atoms with van der Waals surface area (Å²) in [6, 6.07) is 8.67. The molecule has 0 spiro atoms. The van der Waals surface area contributed by atoms with Crippen LogP contribution in [0.4, 0.5) is 0 Å². The summed E-state index contributed by atoms with van der Waals surface area (Å²) in [5, 5.41) is 11.5. The Hall–Kier alpha value is -2.10. The maximum absolute atomic E-state index is 11.6. The highest BCUT2D eigenvalue weighted by atomic mass is 16.5. The van der Waals surface area contributed by atoms with Crippen molar-refractivity contribution in [2.45, 2.75) is 0 Å². The highest BCUT2D eigenvalue weighted by Gasteiger charge is 2.03. The number of hydrogen-bond acceptors (Lipinski definition) is 5. The fourth-order valence-electron chi connectivity index (χ4n) is 1.57. The Morgan fingerprint density at radius 2 is 2.05 bits per heavy atom. The molecular weight excluding hydrogens is 270 g/mol. The highest BCUT2D eigenvalue weighted by Crippen LogP contribution is 2.10. The standard InChI is InChI=1S/C15H21N3O3/c1-18(9-10-20-2)8-7-17-15(19)12-21-14-5-3-13(11-16)4-6-14/h3-6H,7-10,12H2,1-2H3,(H,17,19). The van der Waals surface area contributed by atoms with Gasteiger partial charge in [0.05, 0.1) is 18.2 Å². The maximum Gasteiger partial charge on any atom is 0.257 e. The fourth-order valence-corrected chi connectivity index (χ4v) is 1.57. The molecule has 0 saturated heterocycles. The number of ether oxygens (including phenoxy) is 2. The van der Waals surface area contributed by atoms with E-state index in [0.29, 0.717) is 24.5 Å². The molecule has 0 aromatic heterocycles. The molecule has 0 aliphatic heterocycles. The van der Waals surface area contributed by atoms with E-state index >= 15 is 0 Å². The Labute approximate surface area is 125 Å². The Kier molecular flexibility index (Phi) is 7.87. The van der Waals surface area contributed by atoms with Gasteiger partial charge in [-0.2, -0.15) is 5.26 Å². The van der Waals surface area contributed by atoms with Gasteiger partial charge in [-0.3, -0.25) is 4.79 Å². The van der Waals surface area contributed by atoms with Crippen LogP contribution in [0, 0.1) is 11.3 Å². The number of hydrogen-bond donors (Lipinski definition) is 1. The van der Waals surface area contributed by atoms with Crippen molar-refractivity contribution in [2.75, 3.05) is 47.0 Å². The third-order valence-corrected chi connectivity index (χ3v) is 2.85. The Morgan fingerprint density at radius 1 is 1.33 bits per heavy atom. The number of likely N-dealkylation sites (N-methyl/N-ethyl adjacent to an activating group) is 1. The van der Waals surface area contributed by atoms with Gasteiger partial charge in [-0.05, 0) is 31.3 Å². The second-order valence-electron chi connectivity index (χ2n) is 4.57. The molecule has 0 saturated carbocycles. The minimum Gasteiger partial charge on any atom is -0.484 e. The summed E-state index contributed by atoms with van der Waals surface area (Å²) in [5.41, 5.74) is 0.561. The van der Waals surface area contributed by atoms with Crippen LogP contribution in [0.3, 0.4) is 0 Å². The monoisotopic (exact) mass is 291 g/mol. The van der Waals surface area contributed by atoms with E-state index in [2.05, 4.69) is 10.2 Å². The molecule has 1 N–H and O–H groups in total. The van der Waals surface area contributed by atoms with Gasteiger partial charge >= 0.3 is 0 Å². The Balaban J connectivity index is 2.17. The van der Waals surface area contributed by atoms with Crippen LogP contribution in [0.5, 0.6) is 5.75 Å². The number of carbonyl (C=O) groups excluding carboxylic acids is 1. The molecule has 0 fully saturated rings. The van der Waals surface area contributed by atoms with Crippen LogP contribution in [-0.4, -0.2) is 57.8 Å². The smallest absolute Gasteiger partial charge is 0.257 e. The Morgan fingerprint density at radius 3 is 2.67 bits per heavy atom. The van der Waals surface area contributed by atoms with Crippen LogP contribution < -0.4 is 10.1 Å². The molecule has 0 heterocycles. The number of nitrogens with one attached hydrogen (secondary N) is 1. The van der Waals surface area contributed by atoms with E-state index in [1.54, 1.807) is 31.4 Å². The summed E-state index contributed by atoms with van der Waals surface area (Å²) in [4.78, 5) is 13.7. The number of amides is 1. The van der Waals surface area contributed by atoms with Crippen molar-refractivity contribution in [2.24, 2.45) is 0 Å². The van der Waals surface area contributed by atoms with E-state index in [1.807, 2.05) is 13.1 Å². The molecule has 0 aliphatic rings. The first-order valence-electron chi connectivity index (χ1n) is 6.73. The molecule has 1 rings (SSSR count). The molecule has 1 amide bonds. The van der Waals surface area contributed by atoms with Crippen LogP contribution >= 0.6 is 0 Å². The van der Waals surface area contributed by atoms with Crippen molar-refractivity contribution in [3.63, 3.8) is 0 Å². The van der Waals surface area contributed by atoms with Crippen molar-refractivity contribution < 1.29 is 14.3 Å². The highest BCUT2D eigenvalue weighted by molar-refractivity contribution is 5.77. The molecule has 1 aromatic carbocycles. The summed E-state index contributed by atoms with van der Waals surface area (Å²) in [7, 11) is 3.63. The summed E-state index contributed by atoms with van der Waals surface area (Å²) in [5.74, 6) is 0.404. The van der Waals surface area contributed by atoms with Crippen molar-refractivity contribution in [1.82, 2.24) is 10.2 Å². The first-order chi connectivity index (χ1) is 10.2. The fraction of sp³-hybridized carbons (Fsp3) is 0.467. The van der Waals surface area contributed by atoms with E-state index in [1.165, 1.54) is 0 Å². The zero-order valence-corrected chi connectivity index (χ0v) is 12.5. The van der Waals surface area contributed by atoms with Gasteiger partial charge in [0.2, 0.25) is 0 Å². The average molecular weight is 291 g/mol. The topological polar surface area (TPSA) is 74.6 Å². The zero-order chi connectivity index (χ0) is 15.5. The lowest BCUT2D eigenvalue weighted by molar-refractivity contribution is -0.123. The van der Waals surface area contributed by atoms with E-state index in [0.717, 1.165) is 13.1 Å². The normalized spacial score (nSPS) is 10.2. The number of methoxy groups -OCH3 is 1. The largest absolute Gasteiger partial charge is 0.484 e. The number of nitrogens with zero attached hydrogens (tertiary/aromatic N) is 2. The number of benzene rings is 1. The molecule has 6 nitrogen and oxygen atoms in total. The summed E-state index contributed by atoms with van der Waals surface area (Å²) in [6.45, 7) is 2.79. The van der Waals surface area contributed by atoms with Gasteiger partial charge in [0.25, 0.3) is 5.91 Å². The van der Waals surface area contributed by atoms with Crippen molar-refractivity contribution in [1.29, 1.82) is 5.26 Å². The lowest BCUT2D eigenvalue weighted by Gasteiger charge is -2.16. The summed E-state index contributed by atoms with van der Waals surface area (Å²) in [6.07, 6.45) is 0. The zero-order valence-electron chi connectivity index (χ0n) is 12.5. The molecule has 0 aliphatic carbocycles. The number of nitriles is 1. The maximum atomic E-state index is 11.6. The van der Waals surface area contributed by atoms with Gasteiger partial charge in [0.1, 0.15) is 5.75 Å². The third-order valence-electron chi connectivity index (χ3n) is 2.85. The first kappa shape index (κ1) is 17.0. The molecule has 0 bridgehead atoms. The first-order valence-corrected chi connectivity index (χ1v) is 6.73. The lowest BCUT2D eigenvalue weighted by Crippen LogP contribution is -2.36. The van der Waals surface area contributed by atoms with Gasteiger partial charge in [0.15, 0.2) is 6.61 Å². The number of carbonyl (C=O) groups is 1. The second kappa shape index (κ2) is 9.75. The van der Waals surface area contributed by atoms with Gasteiger partial charge in [-0.25, -0.2) is 0 Å². The quantitative estimate of drug-likeness (QED) is 0.722. The summed E-state index contributed by atoms with van der Waals surface area (Å²) >= 11 is 0. The van der Waals surface area contributed by atoms with E-state index in [4.69, 9.17) is 14.7 Å². The molecule has 0 radical (unpaired) electrons. The van der Waals surface area contributed by atoms with Crippen molar-refractivity contribution in [3.8, 4) is 11.8 Å². The molecule has 0 atom stereocenters.